The number of para-hydroxylation sites is 1. The van der Waals surface area contributed by atoms with Gasteiger partial charge in [-0.3, -0.25) is 4.79 Å². The molecule has 0 aliphatic heterocycles. The van der Waals surface area contributed by atoms with Crippen LogP contribution in [0.5, 0.6) is 11.5 Å². The highest BCUT2D eigenvalue weighted by Gasteiger charge is 2.22. The number of aryl methyl sites for hydroxylation is 1. The Balaban J connectivity index is 2.27. The molecule has 2 aromatic carbocycles. The Morgan fingerprint density at radius 1 is 1.04 bits per heavy atom. The maximum Gasteiger partial charge on any atom is 0.228 e. The number of benzene rings is 2. The number of rotatable bonds is 4. The van der Waals surface area contributed by atoms with Gasteiger partial charge < -0.3 is 9.15 Å². The van der Waals surface area contributed by atoms with Gasteiger partial charge in [0, 0.05) is 17.9 Å². The standard InChI is InChI=1S/C19H15ClO5S/c1-12-11-15(21)19(25-16-9-5-4-8-14(16)20)18(24-12)13-7-3-6-10-17(13)26(2,22)23/h3-11H,1-2H3. The molecule has 134 valence electrons. The van der Waals surface area contributed by atoms with Gasteiger partial charge in [0.2, 0.25) is 11.2 Å². The van der Waals surface area contributed by atoms with Crippen molar-refractivity contribution in [2.24, 2.45) is 0 Å². The second-order valence-corrected chi connectivity index (χ2v) is 8.07. The summed E-state index contributed by atoms with van der Waals surface area (Å²) < 4.78 is 35.7. The lowest BCUT2D eigenvalue weighted by Crippen LogP contribution is -2.08. The molecule has 0 saturated heterocycles. The topological polar surface area (TPSA) is 73.6 Å². The lowest BCUT2D eigenvalue weighted by atomic mass is 10.1. The molecule has 26 heavy (non-hydrogen) atoms. The van der Waals surface area contributed by atoms with Crippen LogP contribution in [0.15, 0.2) is 68.7 Å². The highest BCUT2D eigenvalue weighted by Crippen LogP contribution is 2.36. The highest BCUT2D eigenvalue weighted by molar-refractivity contribution is 7.90. The van der Waals surface area contributed by atoms with E-state index in [-0.39, 0.29) is 27.7 Å². The van der Waals surface area contributed by atoms with Gasteiger partial charge in [-0.15, -0.1) is 0 Å². The van der Waals surface area contributed by atoms with Crippen molar-refractivity contribution in [2.75, 3.05) is 6.26 Å². The molecule has 0 aliphatic rings. The summed E-state index contributed by atoms with van der Waals surface area (Å²) in [5.74, 6) is 0.513. The minimum absolute atomic E-state index is 0.0379. The van der Waals surface area contributed by atoms with Gasteiger partial charge in [0.25, 0.3) is 0 Å². The van der Waals surface area contributed by atoms with Gasteiger partial charge in [-0.25, -0.2) is 8.42 Å². The lowest BCUT2D eigenvalue weighted by Gasteiger charge is -2.13. The van der Waals surface area contributed by atoms with Crippen molar-refractivity contribution in [1.29, 1.82) is 0 Å². The van der Waals surface area contributed by atoms with Crippen LogP contribution >= 0.6 is 11.6 Å². The van der Waals surface area contributed by atoms with Gasteiger partial charge in [-0.2, -0.15) is 0 Å². The monoisotopic (exact) mass is 390 g/mol. The van der Waals surface area contributed by atoms with Crippen LogP contribution in [0.25, 0.3) is 11.3 Å². The van der Waals surface area contributed by atoms with Crippen molar-refractivity contribution in [3.05, 3.63) is 75.6 Å². The van der Waals surface area contributed by atoms with E-state index in [0.717, 1.165) is 6.26 Å². The normalized spacial score (nSPS) is 11.3. The van der Waals surface area contributed by atoms with E-state index in [2.05, 4.69) is 0 Å². The van der Waals surface area contributed by atoms with Crippen LogP contribution in [0.2, 0.25) is 5.02 Å². The first-order valence-electron chi connectivity index (χ1n) is 7.64. The molecule has 1 aromatic heterocycles. The minimum Gasteiger partial charge on any atom is -0.457 e. The third kappa shape index (κ3) is 3.66. The first-order chi connectivity index (χ1) is 12.3. The summed E-state index contributed by atoms with van der Waals surface area (Å²) in [4.78, 5) is 12.6. The van der Waals surface area contributed by atoms with Gasteiger partial charge >= 0.3 is 0 Å². The third-order valence-electron chi connectivity index (χ3n) is 3.61. The molecule has 0 aliphatic carbocycles. The Morgan fingerprint density at radius 2 is 1.69 bits per heavy atom. The zero-order valence-electron chi connectivity index (χ0n) is 14.0. The third-order valence-corrected chi connectivity index (χ3v) is 5.07. The van der Waals surface area contributed by atoms with Crippen LogP contribution in [0.3, 0.4) is 0 Å². The van der Waals surface area contributed by atoms with E-state index < -0.39 is 15.3 Å². The van der Waals surface area contributed by atoms with Gasteiger partial charge in [0.05, 0.1) is 9.92 Å². The summed E-state index contributed by atoms with van der Waals surface area (Å²) in [6.07, 6.45) is 1.09. The Hall–Kier alpha value is -2.57. The van der Waals surface area contributed by atoms with Crippen LogP contribution < -0.4 is 10.2 Å². The molecule has 0 amide bonds. The molecule has 0 radical (unpaired) electrons. The lowest BCUT2D eigenvalue weighted by molar-refractivity contribution is 0.438. The quantitative estimate of drug-likeness (QED) is 0.657. The average Bonchev–Trinajstić information content (AvgIpc) is 2.58. The van der Waals surface area contributed by atoms with Crippen molar-refractivity contribution in [3.8, 4) is 22.8 Å². The van der Waals surface area contributed by atoms with Gasteiger partial charge in [-0.05, 0) is 31.2 Å². The zero-order chi connectivity index (χ0) is 18.9. The van der Waals surface area contributed by atoms with Crippen molar-refractivity contribution < 1.29 is 17.6 Å². The van der Waals surface area contributed by atoms with Crippen molar-refractivity contribution in [1.82, 2.24) is 0 Å². The summed E-state index contributed by atoms with van der Waals surface area (Å²) >= 11 is 6.11. The fraction of sp³-hybridized carbons (Fsp3) is 0.105. The van der Waals surface area contributed by atoms with E-state index >= 15 is 0 Å². The molecule has 7 heteroatoms. The van der Waals surface area contributed by atoms with E-state index in [0.29, 0.717) is 10.8 Å². The van der Waals surface area contributed by atoms with Crippen molar-refractivity contribution >= 4 is 21.4 Å². The first kappa shape index (κ1) is 18.2. The van der Waals surface area contributed by atoms with Gasteiger partial charge in [-0.1, -0.05) is 35.9 Å². The molecule has 0 spiro atoms. The SMILES string of the molecule is Cc1cc(=O)c(Oc2ccccc2Cl)c(-c2ccccc2S(C)(=O)=O)o1. The number of hydrogen-bond donors (Lipinski definition) is 0. The molecule has 0 saturated carbocycles. The Labute approximate surface area is 155 Å². The molecule has 5 nitrogen and oxygen atoms in total. The summed E-state index contributed by atoms with van der Waals surface area (Å²) in [5.41, 5.74) is -0.190. The Kier molecular flexibility index (Phi) is 4.89. The molecule has 3 aromatic rings. The van der Waals surface area contributed by atoms with E-state index in [1.54, 1.807) is 49.4 Å². The number of halogens is 1. The van der Waals surface area contributed by atoms with Crippen LogP contribution in [-0.4, -0.2) is 14.7 Å². The fourth-order valence-electron chi connectivity index (χ4n) is 2.49. The number of hydrogen-bond acceptors (Lipinski definition) is 5. The largest absolute Gasteiger partial charge is 0.457 e. The maximum atomic E-state index is 12.5. The molecule has 0 fully saturated rings. The van der Waals surface area contributed by atoms with E-state index in [9.17, 15) is 13.2 Å². The fourth-order valence-corrected chi connectivity index (χ4v) is 3.55. The van der Waals surface area contributed by atoms with Crippen LogP contribution in [0, 0.1) is 6.92 Å². The smallest absolute Gasteiger partial charge is 0.228 e. The minimum atomic E-state index is -3.55. The van der Waals surface area contributed by atoms with Crippen molar-refractivity contribution in [2.45, 2.75) is 11.8 Å². The summed E-state index contributed by atoms with van der Waals surface area (Å²) in [5, 5.41) is 0.315. The van der Waals surface area contributed by atoms with Gasteiger partial charge in [0.1, 0.15) is 11.5 Å². The number of ether oxygens (including phenoxy) is 1. The second-order valence-electron chi connectivity index (χ2n) is 5.68. The van der Waals surface area contributed by atoms with E-state index in [4.69, 9.17) is 20.8 Å². The average molecular weight is 391 g/mol. The molecule has 0 unspecified atom stereocenters. The molecular formula is C19H15ClO5S. The van der Waals surface area contributed by atoms with Crippen LogP contribution in [0.1, 0.15) is 5.76 Å². The highest BCUT2D eigenvalue weighted by atomic mass is 35.5. The van der Waals surface area contributed by atoms with E-state index in [1.165, 1.54) is 12.1 Å². The van der Waals surface area contributed by atoms with E-state index in [1.807, 2.05) is 0 Å². The number of sulfone groups is 1. The molecule has 1 heterocycles. The predicted molar refractivity (Wildman–Crippen MR) is 99.8 cm³/mol. The van der Waals surface area contributed by atoms with Crippen LogP contribution in [-0.2, 0) is 9.84 Å². The maximum absolute atomic E-state index is 12.5. The Bertz CT molecular complexity index is 1130. The van der Waals surface area contributed by atoms with Crippen molar-refractivity contribution in [3.63, 3.8) is 0 Å². The summed E-state index contributed by atoms with van der Waals surface area (Å²) in [7, 11) is -3.55. The molecule has 3 rings (SSSR count). The van der Waals surface area contributed by atoms with Gasteiger partial charge in [0.15, 0.2) is 15.6 Å². The zero-order valence-corrected chi connectivity index (χ0v) is 15.6. The first-order valence-corrected chi connectivity index (χ1v) is 9.91. The second kappa shape index (κ2) is 6.97. The molecule has 0 N–H and O–H groups in total. The molecular weight excluding hydrogens is 376 g/mol. The summed E-state index contributed by atoms with van der Waals surface area (Å²) in [6, 6.07) is 14.2. The summed E-state index contributed by atoms with van der Waals surface area (Å²) in [6.45, 7) is 1.60. The Morgan fingerprint density at radius 3 is 2.38 bits per heavy atom. The molecule has 0 atom stereocenters. The van der Waals surface area contributed by atoms with Crippen LogP contribution in [0.4, 0.5) is 0 Å². The molecule has 0 bridgehead atoms. The predicted octanol–water partition coefficient (Wildman–Crippen LogP) is 4.46.